The standard InChI is InChI=1S/C9H12N2O3/c12-9(13)8-10-5-7(11-8)6-1-3-14-4-2-6/h5-6H,1-4H2,(H,10,11)(H,12,13). The van der Waals surface area contributed by atoms with Crippen LogP contribution in [0.15, 0.2) is 6.20 Å². The third-order valence-corrected chi connectivity index (χ3v) is 2.46. The third-order valence-electron chi connectivity index (χ3n) is 2.46. The number of nitrogens with zero attached hydrogens (tertiary/aromatic N) is 1. The number of aromatic nitrogens is 2. The van der Waals surface area contributed by atoms with Crippen LogP contribution >= 0.6 is 0 Å². The Morgan fingerprint density at radius 1 is 1.57 bits per heavy atom. The first-order valence-corrected chi connectivity index (χ1v) is 4.63. The quantitative estimate of drug-likeness (QED) is 0.740. The molecule has 5 heteroatoms. The molecule has 0 atom stereocenters. The van der Waals surface area contributed by atoms with Crippen molar-refractivity contribution in [1.82, 2.24) is 9.97 Å². The van der Waals surface area contributed by atoms with Crippen LogP contribution in [0.4, 0.5) is 0 Å². The Hall–Kier alpha value is -1.36. The van der Waals surface area contributed by atoms with Crippen LogP contribution in [0.5, 0.6) is 0 Å². The molecule has 0 aliphatic carbocycles. The van der Waals surface area contributed by atoms with E-state index >= 15 is 0 Å². The summed E-state index contributed by atoms with van der Waals surface area (Å²) < 4.78 is 5.22. The van der Waals surface area contributed by atoms with Gasteiger partial charge >= 0.3 is 5.97 Å². The van der Waals surface area contributed by atoms with Crippen molar-refractivity contribution in [1.29, 1.82) is 0 Å². The van der Waals surface area contributed by atoms with E-state index in [2.05, 4.69) is 9.97 Å². The van der Waals surface area contributed by atoms with Crippen LogP contribution in [0.2, 0.25) is 0 Å². The van der Waals surface area contributed by atoms with Crippen LogP contribution in [-0.4, -0.2) is 34.3 Å². The molecule has 0 amide bonds. The minimum atomic E-state index is -1.01. The van der Waals surface area contributed by atoms with E-state index < -0.39 is 5.97 Å². The summed E-state index contributed by atoms with van der Waals surface area (Å²) in [6, 6.07) is 0. The van der Waals surface area contributed by atoms with Gasteiger partial charge in [-0.2, -0.15) is 0 Å². The van der Waals surface area contributed by atoms with Crippen molar-refractivity contribution in [2.45, 2.75) is 18.8 Å². The number of carbonyl (C=O) groups is 1. The second-order valence-electron chi connectivity index (χ2n) is 3.38. The van der Waals surface area contributed by atoms with Gasteiger partial charge in [-0.1, -0.05) is 0 Å². The summed E-state index contributed by atoms with van der Waals surface area (Å²) in [5.41, 5.74) is 0.908. The smallest absolute Gasteiger partial charge is 0.371 e. The number of imidazole rings is 1. The van der Waals surface area contributed by atoms with E-state index in [9.17, 15) is 4.79 Å². The summed E-state index contributed by atoms with van der Waals surface area (Å²) in [5.74, 6) is -0.626. The highest BCUT2D eigenvalue weighted by molar-refractivity contribution is 5.83. The van der Waals surface area contributed by atoms with Gasteiger partial charge in [0.1, 0.15) is 0 Å². The molecule has 1 aliphatic rings. The Kier molecular flexibility index (Phi) is 2.49. The SMILES string of the molecule is O=C(O)c1ncc(C2CCOCC2)[nH]1. The largest absolute Gasteiger partial charge is 0.475 e. The summed E-state index contributed by atoms with van der Waals surface area (Å²) in [4.78, 5) is 17.2. The van der Waals surface area contributed by atoms with E-state index in [1.165, 1.54) is 0 Å². The highest BCUT2D eigenvalue weighted by Gasteiger charge is 2.19. The lowest BCUT2D eigenvalue weighted by Crippen LogP contribution is -2.14. The van der Waals surface area contributed by atoms with Gasteiger partial charge in [0.25, 0.3) is 0 Å². The Labute approximate surface area is 81.1 Å². The van der Waals surface area contributed by atoms with E-state index in [1.807, 2.05) is 0 Å². The number of aromatic amines is 1. The molecule has 2 rings (SSSR count). The molecule has 1 saturated heterocycles. The maximum atomic E-state index is 10.6. The predicted octanol–water partition coefficient (Wildman–Crippen LogP) is 1.00. The molecule has 2 N–H and O–H groups in total. The van der Waals surface area contributed by atoms with Gasteiger partial charge in [0.05, 0.1) is 0 Å². The van der Waals surface area contributed by atoms with Crippen molar-refractivity contribution in [2.24, 2.45) is 0 Å². The highest BCUT2D eigenvalue weighted by atomic mass is 16.5. The molecule has 1 aromatic rings. The minimum absolute atomic E-state index is 0.0199. The fourth-order valence-electron chi connectivity index (χ4n) is 1.66. The van der Waals surface area contributed by atoms with Crippen molar-refractivity contribution in [3.05, 3.63) is 17.7 Å². The Balaban J connectivity index is 2.11. The van der Waals surface area contributed by atoms with Crippen molar-refractivity contribution < 1.29 is 14.6 Å². The molecule has 76 valence electrons. The second kappa shape index (κ2) is 3.79. The van der Waals surface area contributed by atoms with Crippen LogP contribution in [-0.2, 0) is 4.74 Å². The van der Waals surface area contributed by atoms with Gasteiger partial charge in [-0.25, -0.2) is 9.78 Å². The average Bonchev–Trinajstić information content (AvgIpc) is 2.68. The van der Waals surface area contributed by atoms with Gasteiger partial charge in [0.15, 0.2) is 0 Å². The molecule has 0 unspecified atom stereocenters. The number of carboxylic acids is 1. The Bertz CT molecular complexity index is 329. The number of carboxylic acid groups (broad SMARTS) is 1. The van der Waals surface area contributed by atoms with Gasteiger partial charge in [-0.15, -0.1) is 0 Å². The topological polar surface area (TPSA) is 75.2 Å². The van der Waals surface area contributed by atoms with Gasteiger partial charge in [-0.3, -0.25) is 0 Å². The first-order valence-electron chi connectivity index (χ1n) is 4.63. The number of nitrogens with one attached hydrogen (secondary N) is 1. The molecule has 0 bridgehead atoms. The maximum Gasteiger partial charge on any atom is 0.371 e. The monoisotopic (exact) mass is 196 g/mol. The molecule has 0 spiro atoms. The fourth-order valence-corrected chi connectivity index (χ4v) is 1.66. The molecule has 0 aromatic carbocycles. The van der Waals surface area contributed by atoms with Crippen LogP contribution < -0.4 is 0 Å². The van der Waals surface area contributed by atoms with E-state index in [0.29, 0.717) is 5.92 Å². The lowest BCUT2D eigenvalue weighted by molar-refractivity contribution is 0.0684. The minimum Gasteiger partial charge on any atom is -0.475 e. The number of hydrogen-bond donors (Lipinski definition) is 2. The summed E-state index contributed by atoms with van der Waals surface area (Å²) in [6.45, 7) is 1.48. The van der Waals surface area contributed by atoms with Crippen LogP contribution in [0, 0.1) is 0 Å². The molecule has 2 heterocycles. The zero-order valence-corrected chi connectivity index (χ0v) is 7.69. The molecule has 5 nitrogen and oxygen atoms in total. The van der Waals surface area contributed by atoms with Crippen molar-refractivity contribution in [3.63, 3.8) is 0 Å². The van der Waals surface area contributed by atoms with Gasteiger partial charge in [0.2, 0.25) is 5.82 Å². The van der Waals surface area contributed by atoms with Crippen molar-refractivity contribution >= 4 is 5.97 Å². The molecule has 14 heavy (non-hydrogen) atoms. The normalized spacial score (nSPS) is 18.3. The van der Waals surface area contributed by atoms with E-state index in [4.69, 9.17) is 9.84 Å². The lowest BCUT2D eigenvalue weighted by atomic mass is 9.97. The average molecular weight is 196 g/mol. The summed E-state index contributed by atoms with van der Waals surface area (Å²) in [7, 11) is 0. The zero-order chi connectivity index (χ0) is 9.97. The van der Waals surface area contributed by atoms with Crippen LogP contribution in [0.25, 0.3) is 0 Å². The van der Waals surface area contributed by atoms with E-state index in [-0.39, 0.29) is 5.82 Å². The number of H-pyrrole nitrogens is 1. The third kappa shape index (κ3) is 1.77. The predicted molar refractivity (Wildman–Crippen MR) is 48.3 cm³/mol. The van der Waals surface area contributed by atoms with E-state index in [1.54, 1.807) is 6.20 Å². The van der Waals surface area contributed by atoms with E-state index in [0.717, 1.165) is 31.7 Å². The van der Waals surface area contributed by atoms with Crippen LogP contribution in [0.3, 0.4) is 0 Å². The van der Waals surface area contributed by atoms with Gasteiger partial charge < -0.3 is 14.8 Å². The maximum absolute atomic E-state index is 10.6. The summed E-state index contributed by atoms with van der Waals surface area (Å²) in [5, 5.41) is 8.68. The van der Waals surface area contributed by atoms with Crippen molar-refractivity contribution in [2.75, 3.05) is 13.2 Å². The first kappa shape index (κ1) is 9.21. The van der Waals surface area contributed by atoms with Gasteiger partial charge in [0, 0.05) is 31.0 Å². The molecule has 1 aliphatic heterocycles. The number of rotatable bonds is 2. The zero-order valence-electron chi connectivity index (χ0n) is 7.69. The Morgan fingerprint density at radius 3 is 2.86 bits per heavy atom. The lowest BCUT2D eigenvalue weighted by Gasteiger charge is -2.20. The highest BCUT2D eigenvalue weighted by Crippen LogP contribution is 2.25. The van der Waals surface area contributed by atoms with Gasteiger partial charge in [-0.05, 0) is 12.8 Å². The summed E-state index contributed by atoms with van der Waals surface area (Å²) >= 11 is 0. The first-order chi connectivity index (χ1) is 6.77. The van der Waals surface area contributed by atoms with Crippen molar-refractivity contribution in [3.8, 4) is 0 Å². The Morgan fingerprint density at radius 2 is 2.29 bits per heavy atom. The number of hydrogen-bond acceptors (Lipinski definition) is 3. The molecule has 0 saturated carbocycles. The fraction of sp³-hybridized carbons (Fsp3) is 0.556. The molecule has 0 radical (unpaired) electrons. The summed E-state index contributed by atoms with van der Waals surface area (Å²) in [6.07, 6.45) is 3.47. The number of aromatic carboxylic acids is 1. The molecular weight excluding hydrogens is 184 g/mol. The molecule has 1 fully saturated rings. The second-order valence-corrected chi connectivity index (χ2v) is 3.38. The number of ether oxygens (including phenoxy) is 1. The molecular formula is C9H12N2O3. The van der Waals surface area contributed by atoms with Crippen LogP contribution in [0.1, 0.15) is 35.1 Å². The molecule has 1 aromatic heterocycles.